The number of piperidine rings is 1. The van der Waals surface area contributed by atoms with Crippen LogP contribution in [0.1, 0.15) is 34.9 Å². The van der Waals surface area contributed by atoms with E-state index in [9.17, 15) is 9.18 Å². The van der Waals surface area contributed by atoms with Gasteiger partial charge in [-0.1, -0.05) is 12.1 Å². The lowest BCUT2D eigenvalue weighted by molar-refractivity contribution is 0.0710. The van der Waals surface area contributed by atoms with Crippen LogP contribution in [0.25, 0.3) is 16.8 Å². The first-order valence-corrected chi connectivity index (χ1v) is 9.85. The van der Waals surface area contributed by atoms with Gasteiger partial charge in [-0.15, -0.1) is 0 Å². The Morgan fingerprint density at radius 3 is 2.67 bits per heavy atom. The Labute approximate surface area is 172 Å². The molecule has 1 amide bonds. The number of carbonyl (C=O) groups excluding carboxylic acids is 1. The van der Waals surface area contributed by atoms with Gasteiger partial charge in [-0.2, -0.15) is 15.3 Å². The van der Waals surface area contributed by atoms with Crippen LogP contribution in [0.4, 0.5) is 4.39 Å². The second-order valence-corrected chi connectivity index (χ2v) is 7.40. The monoisotopic (exact) mass is 402 g/mol. The first kappa shape index (κ1) is 18.4. The van der Waals surface area contributed by atoms with Crippen molar-refractivity contribution in [3.05, 3.63) is 78.3 Å². The molecule has 0 N–H and O–H groups in total. The summed E-state index contributed by atoms with van der Waals surface area (Å²) in [6.45, 7) is 1.30. The molecule has 1 fully saturated rings. The van der Waals surface area contributed by atoms with Crippen LogP contribution in [-0.4, -0.2) is 48.7 Å². The van der Waals surface area contributed by atoms with E-state index in [2.05, 4.69) is 20.3 Å². The second kappa shape index (κ2) is 7.62. The largest absolute Gasteiger partial charge is 0.339 e. The number of likely N-dealkylation sites (tertiary alicyclic amines) is 1. The minimum atomic E-state index is -0.268. The van der Waals surface area contributed by atoms with Gasteiger partial charge in [-0.25, -0.2) is 13.9 Å². The maximum absolute atomic E-state index is 13.5. The van der Waals surface area contributed by atoms with Crippen molar-refractivity contribution in [1.82, 2.24) is 29.7 Å². The van der Waals surface area contributed by atoms with Gasteiger partial charge in [-0.05, 0) is 48.7 Å². The van der Waals surface area contributed by atoms with Gasteiger partial charge in [0.2, 0.25) is 0 Å². The van der Waals surface area contributed by atoms with Crippen molar-refractivity contribution in [3.63, 3.8) is 0 Å². The average Bonchev–Trinajstić information content (AvgIpc) is 3.23. The van der Waals surface area contributed by atoms with Crippen LogP contribution in [0.15, 0.2) is 61.1 Å². The van der Waals surface area contributed by atoms with Gasteiger partial charge in [0.1, 0.15) is 5.82 Å². The summed E-state index contributed by atoms with van der Waals surface area (Å²) in [7, 11) is 0. The van der Waals surface area contributed by atoms with Gasteiger partial charge >= 0.3 is 0 Å². The van der Waals surface area contributed by atoms with E-state index < -0.39 is 0 Å². The molecule has 3 aromatic heterocycles. The summed E-state index contributed by atoms with van der Waals surface area (Å²) in [5.41, 5.74) is 2.99. The molecule has 8 heteroatoms. The molecule has 1 aliphatic heterocycles. The molecule has 4 heterocycles. The molecule has 5 rings (SSSR count). The van der Waals surface area contributed by atoms with Crippen molar-refractivity contribution in [2.75, 3.05) is 13.1 Å². The van der Waals surface area contributed by atoms with Crippen LogP contribution in [0.3, 0.4) is 0 Å². The summed E-state index contributed by atoms with van der Waals surface area (Å²) < 4.78 is 15.3. The van der Waals surface area contributed by atoms with E-state index in [1.54, 1.807) is 16.6 Å². The van der Waals surface area contributed by atoms with Gasteiger partial charge in [0.05, 0.1) is 18.0 Å². The number of fused-ring (bicyclic) bond motifs is 1. The zero-order valence-electron chi connectivity index (χ0n) is 16.1. The number of amides is 1. The van der Waals surface area contributed by atoms with E-state index in [0.717, 1.165) is 35.4 Å². The molecule has 1 aromatic carbocycles. The second-order valence-electron chi connectivity index (χ2n) is 7.40. The molecule has 4 aromatic rings. The maximum atomic E-state index is 13.5. The number of benzene rings is 1. The number of halogens is 1. The van der Waals surface area contributed by atoms with Crippen LogP contribution in [0, 0.1) is 5.82 Å². The first-order valence-electron chi connectivity index (χ1n) is 9.85. The topological polar surface area (TPSA) is 76.3 Å². The molecule has 0 aliphatic carbocycles. The lowest BCUT2D eigenvalue weighted by Gasteiger charge is -2.30. The van der Waals surface area contributed by atoms with Crippen molar-refractivity contribution < 1.29 is 9.18 Å². The fraction of sp³-hybridized carbons (Fsp3) is 0.227. The standard InChI is InChI=1S/C22H19FN6O/c23-19-3-1-2-16(12-19)18-4-5-20-26-21(27-29(20)14-18)15-7-10-28(11-8-15)22(30)17-6-9-24-25-13-17/h1-6,9,12-15H,7-8,10-11H2. The fourth-order valence-electron chi connectivity index (χ4n) is 3.85. The summed E-state index contributed by atoms with van der Waals surface area (Å²) in [4.78, 5) is 19.1. The summed E-state index contributed by atoms with van der Waals surface area (Å²) in [5, 5.41) is 12.2. The molecular weight excluding hydrogens is 383 g/mol. The molecule has 30 heavy (non-hydrogen) atoms. The number of hydrogen-bond donors (Lipinski definition) is 0. The van der Waals surface area contributed by atoms with Gasteiger partial charge < -0.3 is 4.90 Å². The predicted molar refractivity (Wildman–Crippen MR) is 108 cm³/mol. The van der Waals surface area contributed by atoms with Crippen molar-refractivity contribution in [2.24, 2.45) is 0 Å². The average molecular weight is 402 g/mol. The van der Waals surface area contributed by atoms with Crippen molar-refractivity contribution in [1.29, 1.82) is 0 Å². The van der Waals surface area contributed by atoms with Crippen molar-refractivity contribution >= 4 is 11.6 Å². The fourth-order valence-corrected chi connectivity index (χ4v) is 3.85. The van der Waals surface area contributed by atoms with E-state index in [0.29, 0.717) is 18.7 Å². The Balaban J connectivity index is 1.32. The molecule has 0 atom stereocenters. The third-order valence-electron chi connectivity index (χ3n) is 5.48. The minimum absolute atomic E-state index is 0.0222. The highest BCUT2D eigenvalue weighted by Crippen LogP contribution is 2.28. The molecule has 7 nitrogen and oxygen atoms in total. The Morgan fingerprint density at radius 2 is 1.90 bits per heavy atom. The Kier molecular flexibility index (Phi) is 4.66. The molecule has 1 aliphatic rings. The Bertz CT molecular complexity index is 1200. The molecule has 0 radical (unpaired) electrons. The normalized spacial score (nSPS) is 14.9. The quantitative estimate of drug-likeness (QED) is 0.525. The van der Waals surface area contributed by atoms with Crippen LogP contribution in [-0.2, 0) is 0 Å². The summed E-state index contributed by atoms with van der Waals surface area (Å²) >= 11 is 0. The zero-order valence-corrected chi connectivity index (χ0v) is 16.1. The number of hydrogen-bond acceptors (Lipinski definition) is 5. The van der Waals surface area contributed by atoms with Crippen LogP contribution < -0.4 is 0 Å². The van der Waals surface area contributed by atoms with Gasteiger partial charge in [0.15, 0.2) is 11.5 Å². The summed E-state index contributed by atoms with van der Waals surface area (Å²) in [6.07, 6.45) is 6.50. The Morgan fingerprint density at radius 1 is 1.03 bits per heavy atom. The predicted octanol–water partition coefficient (Wildman–Crippen LogP) is 3.35. The van der Waals surface area contributed by atoms with E-state index in [1.165, 1.54) is 24.5 Å². The number of carbonyl (C=O) groups is 1. The summed E-state index contributed by atoms with van der Waals surface area (Å²) in [5.74, 6) is 0.688. The van der Waals surface area contributed by atoms with Crippen LogP contribution in [0.2, 0.25) is 0 Å². The third-order valence-corrected chi connectivity index (χ3v) is 5.48. The molecule has 0 bridgehead atoms. The Hall–Kier alpha value is -3.68. The van der Waals surface area contributed by atoms with Crippen LogP contribution >= 0.6 is 0 Å². The highest BCUT2D eigenvalue weighted by atomic mass is 19.1. The van der Waals surface area contributed by atoms with Crippen LogP contribution in [0.5, 0.6) is 0 Å². The molecule has 0 spiro atoms. The zero-order chi connectivity index (χ0) is 20.5. The van der Waals surface area contributed by atoms with E-state index in [4.69, 9.17) is 0 Å². The third kappa shape index (κ3) is 3.52. The lowest BCUT2D eigenvalue weighted by Crippen LogP contribution is -2.38. The molecular formula is C22H19FN6O. The maximum Gasteiger partial charge on any atom is 0.255 e. The SMILES string of the molecule is O=C(c1ccnnc1)N1CCC(c2nc3ccc(-c4cccc(F)c4)cn3n2)CC1. The highest BCUT2D eigenvalue weighted by Gasteiger charge is 2.27. The van der Waals surface area contributed by atoms with Crippen molar-refractivity contribution in [2.45, 2.75) is 18.8 Å². The van der Waals surface area contributed by atoms with E-state index >= 15 is 0 Å². The van der Waals surface area contributed by atoms with Gasteiger partial charge in [0.25, 0.3) is 5.91 Å². The minimum Gasteiger partial charge on any atom is -0.339 e. The van der Waals surface area contributed by atoms with Crippen molar-refractivity contribution in [3.8, 4) is 11.1 Å². The number of aromatic nitrogens is 5. The number of pyridine rings is 1. The lowest BCUT2D eigenvalue weighted by atomic mass is 9.96. The van der Waals surface area contributed by atoms with E-state index in [-0.39, 0.29) is 17.6 Å². The molecule has 0 saturated carbocycles. The summed E-state index contributed by atoms with van der Waals surface area (Å²) in [6, 6.07) is 12.0. The van der Waals surface area contributed by atoms with Gasteiger partial charge in [-0.3, -0.25) is 4.79 Å². The number of rotatable bonds is 3. The first-order chi connectivity index (χ1) is 14.7. The molecule has 1 saturated heterocycles. The smallest absolute Gasteiger partial charge is 0.255 e. The number of nitrogens with zero attached hydrogens (tertiary/aromatic N) is 6. The molecule has 150 valence electrons. The van der Waals surface area contributed by atoms with E-state index in [1.807, 2.05) is 29.3 Å². The highest BCUT2D eigenvalue weighted by molar-refractivity contribution is 5.93. The molecule has 0 unspecified atom stereocenters. The van der Waals surface area contributed by atoms with Gasteiger partial charge in [0, 0.05) is 30.8 Å².